The van der Waals surface area contributed by atoms with Gasteiger partial charge in [0.2, 0.25) is 0 Å². The standard InChI is InChI=1S/C14H27N/c1-3-13(4-2)15-14-7-5-6-12(10-14)11-8-9-11/h11-15H,3-10H2,1-2H3. The van der Waals surface area contributed by atoms with Crippen molar-refractivity contribution in [1.29, 1.82) is 0 Å². The van der Waals surface area contributed by atoms with Crippen LogP contribution < -0.4 is 5.32 Å². The van der Waals surface area contributed by atoms with Crippen LogP contribution in [0.5, 0.6) is 0 Å². The first-order valence-electron chi connectivity index (χ1n) is 7.09. The minimum atomic E-state index is 0.771. The first-order chi connectivity index (χ1) is 7.33. The molecule has 2 saturated carbocycles. The van der Waals surface area contributed by atoms with E-state index in [-0.39, 0.29) is 0 Å². The third kappa shape index (κ3) is 3.21. The number of hydrogen-bond acceptors (Lipinski definition) is 1. The van der Waals surface area contributed by atoms with Gasteiger partial charge in [0.25, 0.3) is 0 Å². The molecular weight excluding hydrogens is 182 g/mol. The van der Waals surface area contributed by atoms with Gasteiger partial charge in [-0.05, 0) is 50.4 Å². The topological polar surface area (TPSA) is 12.0 Å². The predicted octanol–water partition coefficient (Wildman–Crippen LogP) is 3.73. The zero-order chi connectivity index (χ0) is 10.7. The molecule has 2 atom stereocenters. The van der Waals surface area contributed by atoms with Crippen molar-refractivity contribution in [3.8, 4) is 0 Å². The first kappa shape index (κ1) is 11.4. The van der Waals surface area contributed by atoms with Crippen molar-refractivity contribution >= 4 is 0 Å². The van der Waals surface area contributed by atoms with E-state index in [1.165, 1.54) is 51.4 Å². The molecule has 0 spiro atoms. The summed E-state index contributed by atoms with van der Waals surface area (Å²) in [5.74, 6) is 2.20. The van der Waals surface area contributed by atoms with Gasteiger partial charge in [-0.3, -0.25) is 0 Å². The van der Waals surface area contributed by atoms with Gasteiger partial charge in [0.15, 0.2) is 0 Å². The summed E-state index contributed by atoms with van der Waals surface area (Å²) in [5.41, 5.74) is 0. The molecule has 15 heavy (non-hydrogen) atoms. The largest absolute Gasteiger partial charge is 0.311 e. The van der Waals surface area contributed by atoms with Gasteiger partial charge in [-0.2, -0.15) is 0 Å². The molecule has 88 valence electrons. The number of nitrogens with one attached hydrogen (secondary N) is 1. The van der Waals surface area contributed by atoms with Crippen LogP contribution in [-0.2, 0) is 0 Å². The molecule has 0 radical (unpaired) electrons. The SMILES string of the molecule is CCC(CC)NC1CCCC(C2CC2)C1. The van der Waals surface area contributed by atoms with E-state index in [0.717, 1.165) is 23.9 Å². The van der Waals surface area contributed by atoms with E-state index in [1.54, 1.807) is 0 Å². The lowest BCUT2D eigenvalue weighted by Crippen LogP contribution is -2.40. The Morgan fingerprint density at radius 1 is 1.00 bits per heavy atom. The highest BCUT2D eigenvalue weighted by atomic mass is 14.9. The van der Waals surface area contributed by atoms with Crippen LogP contribution in [0.15, 0.2) is 0 Å². The second-order valence-corrected chi connectivity index (χ2v) is 5.64. The smallest absolute Gasteiger partial charge is 0.00723 e. The third-order valence-electron chi connectivity index (χ3n) is 4.46. The van der Waals surface area contributed by atoms with Crippen molar-refractivity contribution in [2.24, 2.45) is 11.8 Å². The highest BCUT2D eigenvalue weighted by Crippen LogP contribution is 2.43. The number of rotatable bonds is 5. The van der Waals surface area contributed by atoms with Gasteiger partial charge >= 0.3 is 0 Å². The molecule has 2 fully saturated rings. The normalized spacial score (nSPS) is 32.2. The fraction of sp³-hybridized carbons (Fsp3) is 1.00. The highest BCUT2D eigenvalue weighted by molar-refractivity contribution is 4.88. The maximum absolute atomic E-state index is 3.87. The first-order valence-corrected chi connectivity index (χ1v) is 7.09. The predicted molar refractivity (Wildman–Crippen MR) is 66.0 cm³/mol. The average Bonchev–Trinajstić information content (AvgIpc) is 3.10. The molecule has 0 aromatic carbocycles. The second kappa shape index (κ2) is 5.34. The average molecular weight is 209 g/mol. The fourth-order valence-electron chi connectivity index (χ4n) is 3.23. The Hall–Kier alpha value is -0.0400. The maximum atomic E-state index is 3.87. The van der Waals surface area contributed by atoms with E-state index in [4.69, 9.17) is 0 Å². The molecule has 2 aliphatic carbocycles. The zero-order valence-corrected chi connectivity index (χ0v) is 10.5. The van der Waals surface area contributed by atoms with Crippen LogP contribution in [0.1, 0.15) is 65.2 Å². The molecule has 0 aliphatic heterocycles. The van der Waals surface area contributed by atoms with E-state index in [0.29, 0.717) is 0 Å². The quantitative estimate of drug-likeness (QED) is 0.727. The third-order valence-corrected chi connectivity index (χ3v) is 4.46. The number of hydrogen-bond donors (Lipinski definition) is 1. The van der Waals surface area contributed by atoms with E-state index in [2.05, 4.69) is 19.2 Å². The van der Waals surface area contributed by atoms with Crippen LogP contribution in [0.3, 0.4) is 0 Å². The molecular formula is C14H27N. The Bertz CT molecular complexity index is 180. The lowest BCUT2D eigenvalue weighted by molar-refractivity contribution is 0.242. The van der Waals surface area contributed by atoms with Crippen LogP contribution >= 0.6 is 0 Å². The summed E-state index contributed by atoms with van der Waals surface area (Å²) in [6.45, 7) is 4.62. The van der Waals surface area contributed by atoms with Crippen molar-refractivity contribution in [3.05, 3.63) is 0 Å². The Balaban J connectivity index is 1.76. The summed E-state index contributed by atoms with van der Waals surface area (Å²) in [7, 11) is 0. The van der Waals surface area contributed by atoms with E-state index in [1.807, 2.05) is 0 Å². The summed E-state index contributed by atoms with van der Waals surface area (Å²) >= 11 is 0. The minimum Gasteiger partial charge on any atom is -0.311 e. The second-order valence-electron chi connectivity index (χ2n) is 5.64. The Morgan fingerprint density at radius 2 is 1.73 bits per heavy atom. The molecule has 0 aromatic heterocycles. The van der Waals surface area contributed by atoms with Crippen molar-refractivity contribution in [2.75, 3.05) is 0 Å². The Morgan fingerprint density at radius 3 is 2.33 bits per heavy atom. The fourth-order valence-corrected chi connectivity index (χ4v) is 3.23. The van der Waals surface area contributed by atoms with Crippen LogP contribution in [0.2, 0.25) is 0 Å². The van der Waals surface area contributed by atoms with Crippen LogP contribution in [0, 0.1) is 11.8 Å². The zero-order valence-electron chi connectivity index (χ0n) is 10.5. The summed E-state index contributed by atoms with van der Waals surface area (Å²) < 4.78 is 0. The van der Waals surface area contributed by atoms with Gasteiger partial charge in [0.1, 0.15) is 0 Å². The van der Waals surface area contributed by atoms with Crippen molar-refractivity contribution < 1.29 is 0 Å². The maximum Gasteiger partial charge on any atom is 0.00723 e. The van der Waals surface area contributed by atoms with Gasteiger partial charge in [-0.25, -0.2) is 0 Å². The molecule has 0 saturated heterocycles. The molecule has 2 aliphatic rings. The monoisotopic (exact) mass is 209 g/mol. The molecule has 1 N–H and O–H groups in total. The summed E-state index contributed by atoms with van der Waals surface area (Å²) in [6.07, 6.45) is 11.5. The lowest BCUT2D eigenvalue weighted by atomic mass is 9.82. The van der Waals surface area contributed by atoms with Crippen molar-refractivity contribution in [2.45, 2.75) is 77.3 Å². The van der Waals surface area contributed by atoms with E-state index in [9.17, 15) is 0 Å². The molecule has 0 bridgehead atoms. The molecule has 2 rings (SSSR count). The van der Waals surface area contributed by atoms with Crippen LogP contribution in [-0.4, -0.2) is 12.1 Å². The van der Waals surface area contributed by atoms with Crippen molar-refractivity contribution in [3.63, 3.8) is 0 Å². The Labute approximate surface area is 95.0 Å². The molecule has 0 heterocycles. The van der Waals surface area contributed by atoms with Crippen LogP contribution in [0.25, 0.3) is 0 Å². The minimum absolute atomic E-state index is 0.771. The molecule has 1 heteroatoms. The van der Waals surface area contributed by atoms with Gasteiger partial charge in [-0.1, -0.05) is 26.7 Å². The molecule has 2 unspecified atom stereocenters. The van der Waals surface area contributed by atoms with Crippen LogP contribution in [0.4, 0.5) is 0 Å². The van der Waals surface area contributed by atoms with E-state index >= 15 is 0 Å². The Kier molecular flexibility index (Phi) is 4.07. The highest BCUT2D eigenvalue weighted by Gasteiger charge is 2.34. The van der Waals surface area contributed by atoms with Gasteiger partial charge in [-0.15, -0.1) is 0 Å². The molecule has 0 amide bonds. The van der Waals surface area contributed by atoms with Gasteiger partial charge in [0.05, 0.1) is 0 Å². The van der Waals surface area contributed by atoms with E-state index < -0.39 is 0 Å². The van der Waals surface area contributed by atoms with Gasteiger partial charge in [0, 0.05) is 12.1 Å². The summed E-state index contributed by atoms with van der Waals surface area (Å²) in [6, 6.07) is 1.61. The molecule has 0 aromatic rings. The lowest BCUT2D eigenvalue weighted by Gasteiger charge is -2.32. The molecule has 1 nitrogen and oxygen atoms in total. The van der Waals surface area contributed by atoms with Gasteiger partial charge < -0.3 is 5.32 Å². The van der Waals surface area contributed by atoms with Crippen molar-refractivity contribution in [1.82, 2.24) is 5.32 Å². The summed E-state index contributed by atoms with van der Waals surface area (Å²) in [4.78, 5) is 0. The summed E-state index contributed by atoms with van der Waals surface area (Å²) in [5, 5.41) is 3.87.